The fourth-order valence-electron chi connectivity index (χ4n) is 1.72. The quantitative estimate of drug-likeness (QED) is 0.706. The van der Waals surface area contributed by atoms with Crippen LogP contribution in [0.1, 0.15) is 25.3 Å². The molecule has 0 aliphatic heterocycles. The van der Waals surface area contributed by atoms with E-state index in [1.165, 1.54) is 6.92 Å². The van der Waals surface area contributed by atoms with Crippen molar-refractivity contribution in [3.63, 3.8) is 0 Å². The van der Waals surface area contributed by atoms with E-state index in [0.29, 0.717) is 5.56 Å². The van der Waals surface area contributed by atoms with Crippen LogP contribution in [0.25, 0.3) is 0 Å². The molecule has 16 heavy (non-hydrogen) atoms. The van der Waals surface area contributed by atoms with E-state index >= 15 is 0 Å². The number of aldehydes is 1. The average Bonchev–Trinajstić information content (AvgIpc) is 2.31. The molecule has 0 saturated heterocycles. The Morgan fingerprint density at radius 1 is 1.44 bits per heavy atom. The molecular weight excluding hydrogens is 202 g/mol. The lowest BCUT2D eigenvalue weighted by atomic mass is 9.75. The maximum atomic E-state index is 11.7. The number of carbonyl (C=O) groups is 2. The summed E-state index contributed by atoms with van der Waals surface area (Å²) in [5.41, 5.74) is -0.519. The van der Waals surface area contributed by atoms with E-state index in [9.17, 15) is 14.9 Å². The summed E-state index contributed by atoms with van der Waals surface area (Å²) in [4.78, 5) is 22.1. The minimum atomic E-state index is -1.18. The Morgan fingerprint density at radius 3 is 2.50 bits per heavy atom. The van der Waals surface area contributed by atoms with Gasteiger partial charge in [-0.15, -0.1) is 0 Å². The third-order valence-electron chi connectivity index (χ3n) is 2.70. The highest BCUT2D eigenvalue weighted by molar-refractivity contribution is 5.91. The van der Waals surface area contributed by atoms with Crippen LogP contribution in [0.15, 0.2) is 30.3 Å². The van der Waals surface area contributed by atoms with Crippen LogP contribution in [0.5, 0.6) is 0 Å². The monoisotopic (exact) mass is 215 g/mol. The number of nitriles is 1. The molecule has 0 bridgehead atoms. The van der Waals surface area contributed by atoms with Crippen LogP contribution in [0.2, 0.25) is 0 Å². The summed E-state index contributed by atoms with van der Waals surface area (Å²) >= 11 is 0. The first kappa shape index (κ1) is 12.1. The molecule has 1 aromatic rings. The number of nitrogens with zero attached hydrogens (tertiary/aromatic N) is 1. The maximum absolute atomic E-state index is 11.7. The lowest BCUT2D eigenvalue weighted by Gasteiger charge is -2.23. The predicted octanol–water partition coefficient (Wildman–Crippen LogP) is 2.02. The summed E-state index contributed by atoms with van der Waals surface area (Å²) in [6.07, 6.45) is 1.19. The van der Waals surface area contributed by atoms with E-state index in [1.807, 2.05) is 6.07 Å². The smallest absolute Gasteiger partial charge is 0.154 e. The summed E-state index contributed by atoms with van der Waals surface area (Å²) in [6.45, 7) is 1.39. The molecular formula is C13H13NO2. The number of hydrogen-bond donors (Lipinski definition) is 0. The SMILES string of the molecule is CC(=O)[C@](C#N)(CCC=O)c1ccccc1. The van der Waals surface area contributed by atoms with Gasteiger partial charge in [-0.05, 0) is 18.9 Å². The molecule has 1 atom stereocenters. The van der Waals surface area contributed by atoms with Crippen molar-refractivity contribution >= 4 is 12.1 Å². The highest BCUT2D eigenvalue weighted by Gasteiger charge is 2.36. The van der Waals surface area contributed by atoms with Crippen LogP contribution in [0.4, 0.5) is 0 Å². The second-order valence-electron chi connectivity index (χ2n) is 3.64. The molecule has 0 unspecified atom stereocenters. The van der Waals surface area contributed by atoms with Crippen molar-refractivity contribution in [3.05, 3.63) is 35.9 Å². The average molecular weight is 215 g/mol. The molecule has 0 aliphatic carbocycles. The zero-order valence-electron chi connectivity index (χ0n) is 9.14. The number of ketones is 1. The van der Waals surface area contributed by atoms with E-state index in [4.69, 9.17) is 0 Å². The standard InChI is InChI=1S/C13H13NO2/c1-11(16)13(10-14,8-5-9-15)12-6-3-2-4-7-12/h2-4,6-7,9H,5,8H2,1H3/t13-/m1/s1. The molecule has 0 aromatic heterocycles. The van der Waals surface area contributed by atoms with E-state index in [1.54, 1.807) is 24.3 Å². The molecule has 1 aromatic carbocycles. The largest absolute Gasteiger partial charge is 0.303 e. The third kappa shape index (κ3) is 2.17. The Hall–Kier alpha value is -1.95. The van der Waals surface area contributed by atoms with Crippen molar-refractivity contribution in [2.45, 2.75) is 25.2 Å². The van der Waals surface area contributed by atoms with Crippen LogP contribution in [-0.4, -0.2) is 12.1 Å². The van der Waals surface area contributed by atoms with E-state index in [0.717, 1.165) is 6.29 Å². The number of carbonyl (C=O) groups excluding carboxylic acids is 2. The Bertz CT molecular complexity index is 419. The second-order valence-corrected chi connectivity index (χ2v) is 3.64. The Kier molecular flexibility index (Phi) is 3.96. The zero-order valence-corrected chi connectivity index (χ0v) is 9.14. The predicted molar refractivity (Wildman–Crippen MR) is 59.7 cm³/mol. The van der Waals surface area contributed by atoms with Gasteiger partial charge in [0.05, 0.1) is 6.07 Å². The van der Waals surface area contributed by atoms with Crippen LogP contribution >= 0.6 is 0 Å². The Labute approximate surface area is 94.7 Å². The normalized spacial score (nSPS) is 13.5. The molecule has 3 heteroatoms. The minimum absolute atomic E-state index is 0.210. The van der Waals surface area contributed by atoms with Gasteiger partial charge in [0.2, 0.25) is 0 Å². The van der Waals surface area contributed by atoms with Gasteiger partial charge in [0, 0.05) is 6.42 Å². The van der Waals surface area contributed by atoms with Gasteiger partial charge in [0.15, 0.2) is 5.78 Å². The van der Waals surface area contributed by atoms with Gasteiger partial charge >= 0.3 is 0 Å². The van der Waals surface area contributed by atoms with E-state index in [-0.39, 0.29) is 18.6 Å². The van der Waals surface area contributed by atoms with Crippen LogP contribution in [0, 0.1) is 11.3 Å². The van der Waals surface area contributed by atoms with Gasteiger partial charge in [0.1, 0.15) is 11.7 Å². The van der Waals surface area contributed by atoms with Crippen molar-refractivity contribution in [1.82, 2.24) is 0 Å². The number of Topliss-reactive ketones (excluding diaryl/α,β-unsaturated/α-hetero) is 1. The molecule has 1 rings (SSSR count). The topological polar surface area (TPSA) is 57.9 Å². The molecule has 3 nitrogen and oxygen atoms in total. The number of rotatable bonds is 5. The maximum Gasteiger partial charge on any atom is 0.154 e. The first-order valence-corrected chi connectivity index (χ1v) is 5.09. The van der Waals surface area contributed by atoms with Crippen molar-refractivity contribution < 1.29 is 9.59 Å². The van der Waals surface area contributed by atoms with Crippen LogP contribution in [0.3, 0.4) is 0 Å². The van der Waals surface area contributed by atoms with Gasteiger partial charge in [-0.1, -0.05) is 30.3 Å². The van der Waals surface area contributed by atoms with Crippen LogP contribution < -0.4 is 0 Å². The van der Waals surface area contributed by atoms with Crippen molar-refractivity contribution in [2.24, 2.45) is 0 Å². The second kappa shape index (κ2) is 5.22. The number of benzene rings is 1. The van der Waals surface area contributed by atoms with Gasteiger partial charge in [0.25, 0.3) is 0 Å². The van der Waals surface area contributed by atoms with Crippen molar-refractivity contribution in [1.29, 1.82) is 5.26 Å². The lowest BCUT2D eigenvalue weighted by molar-refractivity contribution is -0.121. The summed E-state index contributed by atoms with van der Waals surface area (Å²) in [6, 6.07) is 10.9. The molecule has 0 aliphatic rings. The molecule has 0 fully saturated rings. The van der Waals surface area contributed by atoms with E-state index < -0.39 is 5.41 Å². The first-order valence-electron chi connectivity index (χ1n) is 5.09. The molecule has 0 saturated carbocycles. The van der Waals surface area contributed by atoms with Crippen LogP contribution in [-0.2, 0) is 15.0 Å². The van der Waals surface area contributed by atoms with E-state index in [2.05, 4.69) is 6.07 Å². The highest BCUT2D eigenvalue weighted by Crippen LogP contribution is 2.29. The van der Waals surface area contributed by atoms with Gasteiger partial charge < -0.3 is 4.79 Å². The molecule has 0 heterocycles. The fraction of sp³-hybridized carbons (Fsp3) is 0.308. The van der Waals surface area contributed by atoms with Crippen molar-refractivity contribution in [2.75, 3.05) is 0 Å². The number of hydrogen-bond acceptors (Lipinski definition) is 3. The molecule has 0 amide bonds. The first-order chi connectivity index (χ1) is 7.67. The Balaban J connectivity index is 3.19. The lowest BCUT2D eigenvalue weighted by Crippen LogP contribution is -2.32. The molecule has 0 radical (unpaired) electrons. The zero-order chi connectivity index (χ0) is 12.0. The highest BCUT2D eigenvalue weighted by atomic mass is 16.1. The molecule has 0 spiro atoms. The molecule has 82 valence electrons. The van der Waals surface area contributed by atoms with Gasteiger partial charge in [-0.2, -0.15) is 5.26 Å². The fourth-order valence-corrected chi connectivity index (χ4v) is 1.72. The van der Waals surface area contributed by atoms with Crippen molar-refractivity contribution in [3.8, 4) is 6.07 Å². The third-order valence-corrected chi connectivity index (χ3v) is 2.70. The van der Waals surface area contributed by atoms with Gasteiger partial charge in [-0.25, -0.2) is 0 Å². The summed E-state index contributed by atoms with van der Waals surface area (Å²) in [7, 11) is 0. The summed E-state index contributed by atoms with van der Waals surface area (Å²) in [5, 5.41) is 9.24. The molecule has 0 N–H and O–H groups in total. The summed E-state index contributed by atoms with van der Waals surface area (Å²) in [5.74, 6) is -0.219. The summed E-state index contributed by atoms with van der Waals surface area (Å²) < 4.78 is 0. The minimum Gasteiger partial charge on any atom is -0.303 e. The Morgan fingerprint density at radius 2 is 2.06 bits per heavy atom. The van der Waals surface area contributed by atoms with Gasteiger partial charge in [-0.3, -0.25) is 4.79 Å².